The Balaban J connectivity index is 1.37. The molecular formula is C19H32N4O2. The summed E-state index contributed by atoms with van der Waals surface area (Å²) >= 11 is 0. The lowest BCUT2D eigenvalue weighted by atomic mass is 9.89. The normalized spacial score (nSPS) is 21.4. The molecule has 0 spiro atoms. The van der Waals surface area contributed by atoms with E-state index in [9.17, 15) is 4.79 Å². The summed E-state index contributed by atoms with van der Waals surface area (Å²) < 4.78 is 7.57. The molecule has 0 saturated carbocycles. The molecule has 3 rings (SSSR count). The van der Waals surface area contributed by atoms with Gasteiger partial charge in [-0.3, -0.25) is 9.69 Å². The van der Waals surface area contributed by atoms with Crippen molar-refractivity contribution in [1.29, 1.82) is 0 Å². The van der Waals surface area contributed by atoms with Crippen molar-refractivity contribution in [1.82, 2.24) is 19.4 Å². The summed E-state index contributed by atoms with van der Waals surface area (Å²) in [4.78, 5) is 21.3. The van der Waals surface area contributed by atoms with Crippen molar-refractivity contribution >= 4 is 5.91 Å². The molecule has 3 heterocycles. The number of morpholine rings is 1. The van der Waals surface area contributed by atoms with Crippen LogP contribution < -0.4 is 0 Å². The number of piperidine rings is 1. The maximum atomic E-state index is 12.5. The van der Waals surface area contributed by atoms with Gasteiger partial charge in [-0.2, -0.15) is 0 Å². The molecule has 1 amide bonds. The Kier molecular flexibility index (Phi) is 6.48. The molecule has 0 bridgehead atoms. The highest BCUT2D eigenvalue weighted by Gasteiger charge is 2.29. The van der Waals surface area contributed by atoms with Crippen LogP contribution in [-0.4, -0.2) is 70.7 Å². The number of imidazole rings is 1. The Labute approximate surface area is 151 Å². The first kappa shape index (κ1) is 18.4. The van der Waals surface area contributed by atoms with Crippen LogP contribution in [0.15, 0.2) is 12.4 Å². The number of hydrogen-bond acceptors (Lipinski definition) is 4. The number of hydrogen-bond donors (Lipinski definition) is 0. The minimum Gasteiger partial charge on any atom is -0.379 e. The Morgan fingerprint density at radius 3 is 2.64 bits per heavy atom. The number of ether oxygens (including phenoxy) is 1. The molecule has 0 aliphatic carbocycles. The van der Waals surface area contributed by atoms with Crippen molar-refractivity contribution in [3.8, 4) is 0 Å². The monoisotopic (exact) mass is 348 g/mol. The molecule has 0 aromatic carbocycles. The highest BCUT2D eigenvalue weighted by molar-refractivity contribution is 5.76. The van der Waals surface area contributed by atoms with Crippen LogP contribution in [0.5, 0.6) is 0 Å². The topological polar surface area (TPSA) is 50.6 Å². The second-order valence-corrected chi connectivity index (χ2v) is 7.38. The number of carbonyl (C=O) groups is 1. The van der Waals surface area contributed by atoms with E-state index in [1.54, 1.807) is 0 Å². The summed E-state index contributed by atoms with van der Waals surface area (Å²) in [6.07, 6.45) is 7.59. The SMILES string of the molecule is Cc1nccn1CCCC(=O)N1CCC([C@@H](C)N2CCOCC2)CC1. The summed E-state index contributed by atoms with van der Waals surface area (Å²) in [7, 11) is 0. The molecular weight excluding hydrogens is 316 g/mol. The molecule has 2 saturated heterocycles. The zero-order chi connectivity index (χ0) is 17.6. The van der Waals surface area contributed by atoms with Gasteiger partial charge < -0.3 is 14.2 Å². The van der Waals surface area contributed by atoms with Gasteiger partial charge in [0, 0.05) is 57.6 Å². The smallest absolute Gasteiger partial charge is 0.222 e. The first-order valence-electron chi connectivity index (χ1n) is 9.72. The van der Waals surface area contributed by atoms with Gasteiger partial charge in [-0.15, -0.1) is 0 Å². The van der Waals surface area contributed by atoms with E-state index in [2.05, 4.69) is 26.3 Å². The molecule has 140 valence electrons. The molecule has 2 aliphatic rings. The van der Waals surface area contributed by atoms with E-state index >= 15 is 0 Å². The fourth-order valence-corrected chi connectivity index (χ4v) is 4.11. The zero-order valence-corrected chi connectivity index (χ0v) is 15.7. The molecule has 0 unspecified atom stereocenters. The largest absolute Gasteiger partial charge is 0.379 e. The lowest BCUT2D eigenvalue weighted by Crippen LogP contribution is -2.49. The Morgan fingerprint density at radius 2 is 2.00 bits per heavy atom. The van der Waals surface area contributed by atoms with Gasteiger partial charge in [-0.05, 0) is 39.0 Å². The number of carbonyl (C=O) groups excluding carboxylic acids is 1. The molecule has 1 atom stereocenters. The molecule has 0 N–H and O–H groups in total. The first-order valence-corrected chi connectivity index (χ1v) is 9.72. The van der Waals surface area contributed by atoms with Gasteiger partial charge in [0.1, 0.15) is 5.82 Å². The lowest BCUT2D eigenvalue weighted by molar-refractivity contribution is -0.133. The predicted molar refractivity (Wildman–Crippen MR) is 97.4 cm³/mol. The van der Waals surface area contributed by atoms with E-state index in [-0.39, 0.29) is 0 Å². The third-order valence-corrected chi connectivity index (χ3v) is 5.91. The molecule has 1 aromatic rings. The average Bonchev–Trinajstić information content (AvgIpc) is 3.07. The van der Waals surface area contributed by atoms with Crippen LogP contribution in [0.25, 0.3) is 0 Å². The quantitative estimate of drug-likeness (QED) is 0.788. The summed E-state index contributed by atoms with van der Waals surface area (Å²) in [6, 6.07) is 0.602. The average molecular weight is 348 g/mol. The number of amides is 1. The van der Waals surface area contributed by atoms with E-state index in [1.807, 2.05) is 19.3 Å². The molecule has 6 nitrogen and oxygen atoms in total. The fraction of sp³-hybridized carbons (Fsp3) is 0.789. The Bertz CT molecular complexity index is 545. The standard InChI is InChI=1S/C19H32N4O2/c1-16(21-12-14-25-15-13-21)18-5-9-23(10-6-18)19(24)4-3-8-22-11-7-20-17(22)2/h7,11,16,18H,3-6,8-10,12-15H2,1-2H3/t16-/m1/s1. The van der Waals surface area contributed by atoms with Crippen LogP contribution in [0.1, 0.15) is 38.4 Å². The van der Waals surface area contributed by atoms with Gasteiger partial charge in [0.2, 0.25) is 5.91 Å². The predicted octanol–water partition coefficient (Wildman–Crippen LogP) is 1.93. The van der Waals surface area contributed by atoms with Gasteiger partial charge in [-0.25, -0.2) is 4.98 Å². The number of aryl methyl sites for hydroxylation is 2. The first-order chi connectivity index (χ1) is 12.1. The summed E-state index contributed by atoms with van der Waals surface area (Å²) in [5, 5.41) is 0. The molecule has 25 heavy (non-hydrogen) atoms. The third-order valence-electron chi connectivity index (χ3n) is 5.91. The van der Waals surface area contributed by atoms with Crippen molar-refractivity contribution in [2.45, 2.75) is 52.1 Å². The number of nitrogens with zero attached hydrogens (tertiary/aromatic N) is 4. The summed E-state index contributed by atoms with van der Waals surface area (Å²) in [5.74, 6) is 2.04. The molecule has 2 aliphatic heterocycles. The lowest BCUT2D eigenvalue weighted by Gasteiger charge is -2.41. The van der Waals surface area contributed by atoms with Gasteiger partial charge in [0.05, 0.1) is 13.2 Å². The number of likely N-dealkylation sites (tertiary alicyclic amines) is 1. The second-order valence-electron chi connectivity index (χ2n) is 7.38. The van der Waals surface area contributed by atoms with Crippen LogP contribution in [0.3, 0.4) is 0 Å². The number of aromatic nitrogens is 2. The van der Waals surface area contributed by atoms with Crippen molar-refractivity contribution in [3.63, 3.8) is 0 Å². The maximum absolute atomic E-state index is 12.5. The minimum absolute atomic E-state index is 0.315. The van der Waals surface area contributed by atoms with Crippen LogP contribution in [0.2, 0.25) is 0 Å². The van der Waals surface area contributed by atoms with Crippen LogP contribution in [0.4, 0.5) is 0 Å². The van der Waals surface area contributed by atoms with Gasteiger partial charge >= 0.3 is 0 Å². The van der Waals surface area contributed by atoms with E-state index in [0.717, 1.165) is 71.0 Å². The third kappa shape index (κ3) is 4.82. The Morgan fingerprint density at radius 1 is 1.28 bits per heavy atom. The van der Waals surface area contributed by atoms with Crippen molar-refractivity contribution in [2.75, 3.05) is 39.4 Å². The van der Waals surface area contributed by atoms with Gasteiger partial charge in [0.15, 0.2) is 0 Å². The van der Waals surface area contributed by atoms with Gasteiger partial charge in [0.25, 0.3) is 0 Å². The second kappa shape index (κ2) is 8.81. The van der Waals surface area contributed by atoms with E-state index in [4.69, 9.17) is 4.74 Å². The van der Waals surface area contributed by atoms with Crippen molar-refractivity contribution < 1.29 is 9.53 Å². The molecule has 0 radical (unpaired) electrons. The van der Waals surface area contributed by atoms with Crippen LogP contribution >= 0.6 is 0 Å². The minimum atomic E-state index is 0.315. The summed E-state index contributed by atoms with van der Waals surface area (Å²) in [6.45, 7) is 10.9. The Hall–Kier alpha value is -1.40. The van der Waals surface area contributed by atoms with Crippen molar-refractivity contribution in [2.24, 2.45) is 5.92 Å². The number of rotatable bonds is 6. The zero-order valence-electron chi connectivity index (χ0n) is 15.7. The molecule has 1 aromatic heterocycles. The highest BCUT2D eigenvalue weighted by Crippen LogP contribution is 2.25. The van der Waals surface area contributed by atoms with Gasteiger partial charge in [-0.1, -0.05) is 0 Å². The van der Waals surface area contributed by atoms with Crippen LogP contribution in [0, 0.1) is 12.8 Å². The molecule has 6 heteroatoms. The van der Waals surface area contributed by atoms with Crippen molar-refractivity contribution in [3.05, 3.63) is 18.2 Å². The van der Waals surface area contributed by atoms with E-state index in [1.165, 1.54) is 0 Å². The van der Waals surface area contributed by atoms with Crippen LogP contribution in [-0.2, 0) is 16.1 Å². The molecule has 2 fully saturated rings. The highest BCUT2D eigenvalue weighted by atomic mass is 16.5. The maximum Gasteiger partial charge on any atom is 0.222 e. The summed E-state index contributed by atoms with van der Waals surface area (Å²) in [5.41, 5.74) is 0. The fourth-order valence-electron chi connectivity index (χ4n) is 4.11. The van der Waals surface area contributed by atoms with E-state index in [0.29, 0.717) is 24.3 Å². The van der Waals surface area contributed by atoms with E-state index < -0.39 is 0 Å².